The zero-order valence-electron chi connectivity index (χ0n) is 17.7. The van der Waals surface area contributed by atoms with Crippen molar-refractivity contribution >= 4 is 17.2 Å². The van der Waals surface area contributed by atoms with E-state index in [1.165, 1.54) is 5.56 Å². The van der Waals surface area contributed by atoms with Crippen LogP contribution in [0.25, 0.3) is 11.3 Å². The molecule has 0 saturated carbocycles. The molecule has 8 heteroatoms. The summed E-state index contributed by atoms with van der Waals surface area (Å²) in [6, 6.07) is 16.1. The molecule has 0 spiro atoms. The Kier molecular flexibility index (Phi) is 4.10. The summed E-state index contributed by atoms with van der Waals surface area (Å²) < 4.78 is 9.90. The molecule has 0 amide bonds. The molecular weight excluding hydrogens is 424 g/mol. The molecule has 5 aromatic rings. The van der Waals surface area contributed by atoms with Crippen LogP contribution in [0.4, 0.5) is 0 Å². The van der Waals surface area contributed by atoms with Crippen molar-refractivity contribution in [3.05, 3.63) is 93.7 Å². The van der Waals surface area contributed by atoms with E-state index in [1.54, 1.807) is 10.8 Å². The Bertz CT molecular complexity index is 1480. The lowest BCUT2D eigenvalue weighted by Crippen LogP contribution is -2.16. The first kappa shape index (κ1) is 19.0. The van der Waals surface area contributed by atoms with E-state index in [2.05, 4.69) is 46.3 Å². The summed E-state index contributed by atoms with van der Waals surface area (Å²) in [4.78, 5) is 9.27. The van der Waals surface area contributed by atoms with Crippen molar-refractivity contribution in [1.29, 1.82) is 0 Å². The Balaban J connectivity index is 1.65. The molecule has 0 saturated heterocycles. The fraction of sp³-hybridized carbons (Fsp3) is 0.167. The number of fused-ring (bicyclic) bond motifs is 4. The van der Waals surface area contributed by atoms with Crippen molar-refractivity contribution in [3.8, 4) is 17.4 Å². The lowest BCUT2D eigenvalue weighted by atomic mass is 9.84. The molecule has 32 heavy (non-hydrogen) atoms. The lowest BCUT2D eigenvalue weighted by Gasteiger charge is -2.26. The van der Waals surface area contributed by atoms with Crippen LogP contribution in [0.5, 0.6) is 11.8 Å². The number of ether oxygens (including phenoxy) is 1. The maximum absolute atomic E-state index is 6.38. The first-order valence-corrected chi connectivity index (χ1v) is 10.7. The van der Waals surface area contributed by atoms with Crippen molar-refractivity contribution in [1.82, 2.24) is 29.4 Å². The summed E-state index contributed by atoms with van der Waals surface area (Å²) in [5.74, 6) is 1.70. The van der Waals surface area contributed by atoms with Crippen molar-refractivity contribution in [2.45, 2.75) is 26.7 Å². The second-order valence-electron chi connectivity index (χ2n) is 8.03. The van der Waals surface area contributed by atoms with Crippen LogP contribution in [0.15, 0.2) is 54.9 Å². The standard InChI is InChI=1S/C24H19ClN6O/c1-13-4-6-16(7-5-13)20-19-14(2)28-31(18-10-8-17(25)9-11-18)24(19)32-23-21(20)22-27-15(3)29-30(22)12-26-23/h4-12,20H,1-3H3/t20-/m1/s1. The topological polar surface area (TPSA) is 70.1 Å². The first-order chi connectivity index (χ1) is 15.5. The van der Waals surface area contributed by atoms with Gasteiger partial charge in [0.25, 0.3) is 0 Å². The van der Waals surface area contributed by atoms with Crippen molar-refractivity contribution in [2.75, 3.05) is 0 Å². The van der Waals surface area contributed by atoms with Gasteiger partial charge in [-0.05, 0) is 50.6 Å². The van der Waals surface area contributed by atoms with Crippen LogP contribution in [0, 0.1) is 20.8 Å². The number of halogens is 1. The number of hydrogen-bond donors (Lipinski definition) is 0. The van der Waals surface area contributed by atoms with E-state index in [-0.39, 0.29) is 5.92 Å². The number of aryl methyl sites for hydroxylation is 3. The average Bonchev–Trinajstić information content (AvgIpc) is 3.33. The van der Waals surface area contributed by atoms with Crippen molar-refractivity contribution < 1.29 is 4.74 Å². The Morgan fingerprint density at radius 1 is 0.906 bits per heavy atom. The summed E-state index contributed by atoms with van der Waals surface area (Å²) >= 11 is 6.10. The molecule has 0 bridgehead atoms. The first-order valence-electron chi connectivity index (χ1n) is 10.3. The van der Waals surface area contributed by atoms with Gasteiger partial charge in [0.2, 0.25) is 11.8 Å². The van der Waals surface area contributed by atoms with Gasteiger partial charge in [-0.3, -0.25) is 0 Å². The van der Waals surface area contributed by atoms with E-state index in [4.69, 9.17) is 21.4 Å². The molecule has 1 atom stereocenters. The van der Waals surface area contributed by atoms with E-state index in [1.807, 2.05) is 42.8 Å². The van der Waals surface area contributed by atoms with Gasteiger partial charge in [-0.15, -0.1) is 0 Å². The van der Waals surface area contributed by atoms with Gasteiger partial charge >= 0.3 is 0 Å². The second kappa shape index (κ2) is 6.90. The van der Waals surface area contributed by atoms with Gasteiger partial charge in [0, 0.05) is 5.02 Å². The maximum atomic E-state index is 6.38. The Morgan fingerprint density at radius 2 is 1.66 bits per heavy atom. The molecule has 3 aromatic heterocycles. The van der Waals surface area contributed by atoms with E-state index in [0.29, 0.717) is 22.6 Å². The summed E-state index contributed by atoms with van der Waals surface area (Å²) in [5, 5.41) is 9.96. The third-order valence-corrected chi connectivity index (χ3v) is 6.06. The molecule has 0 aliphatic carbocycles. The van der Waals surface area contributed by atoms with Gasteiger partial charge in [-0.2, -0.15) is 10.2 Å². The predicted molar refractivity (Wildman–Crippen MR) is 121 cm³/mol. The third kappa shape index (κ3) is 2.81. The minimum absolute atomic E-state index is 0.143. The zero-order chi connectivity index (χ0) is 22.0. The second-order valence-corrected chi connectivity index (χ2v) is 8.47. The van der Waals surface area contributed by atoms with Gasteiger partial charge in [0.1, 0.15) is 12.2 Å². The summed E-state index contributed by atoms with van der Waals surface area (Å²) in [6.07, 6.45) is 1.64. The normalized spacial score (nSPS) is 14.8. The largest absolute Gasteiger partial charge is 0.420 e. The lowest BCUT2D eigenvalue weighted by molar-refractivity contribution is 0.402. The molecule has 0 unspecified atom stereocenters. The fourth-order valence-electron chi connectivity index (χ4n) is 4.33. The van der Waals surface area contributed by atoms with Crippen molar-refractivity contribution in [2.24, 2.45) is 0 Å². The minimum atomic E-state index is -0.143. The van der Waals surface area contributed by atoms with E-state index in [9.17, 15) is 0 Å². The summed E-state index contributed by atoms with van der Waals surface area (Å²) in [6.45, 7) is 5.96. The molecular formula is C24H19ClN6O. The average molecular weight is 443 g/mol. The van der Waals surface area contributed by atoms with Crippen LogP contribution < -0.4 is 4.74 Å². The highest BCUT2D eigenvalue weighted by atomic mass is 35.5. The van der Waals surface area contributed by atoms with Crippen LogP contribution in [-0.4, -0.2) is 29.4 Å². The van der Waals surface area contributed by atoms with Gasteiger partial charge in [-0.25, -0.2) is 19.2 Å². The Labute approximate surface area is 189 Å². The van der Waals surface area contributed by atoms with Crippen LogP contribution >= 0.6 is 11.6 Å². The monoisotopic (exact) mass is 442 g/mol. The van der Waals surface area contributed by atoms with Crippen LogP contribution in [0.3, 0.4) is 0 Å². The van der Waals surface area contributed by atoms with Gasteiger partial charge < -0.3 is 4.74 Å². The quantitative estimate of drug-likeness (QED) is 0.370. The predicted octanol–water partition coefficient (Wildman–Crippen LogP) is 5.17. The Hall–Kier alpha value is -3.71. The molecule has 158 valence electrons. The van der Waals surface area contributed by atoms with Gasteiger partial charge in [0.15, 0.2) is 5.65 Å². The third-order valence-electron chi connectivity index (χ3n) is 5.81. The minimum Gasteiger partial charge on any atom is -0.420 e. The Morgan fingerprint density at radius 3 is 2.41 bits per heavy atom. The number of nitrogens with zero attached hydrogens (tertiary/aromatic N) is 6. The van der Waals surface area contributed by atoms with Crippen LogP contribution in [0.1, 0.15) is 39.7 Å². The molecule has 7 nitrogen and oxygen atoms in total. The van der Waals surface area contributed by atoms with E-state index < -0.39 is 0 Å². The number of rotatable bonds is 2. The molecule has 4 heterocycles. The SMILES string of the molecule is Cc1ccc([C@@H]2c3c(C)nn(-c4ccc(Cl)cc4)c3Oc3ncn4nc(C)nc4c32)cc1. The molecule has 0 N–H and O–H groups in total. The number of aromatic nitrogens is 6. The smallest absolute Gasteiger partial charge is 0.230 e. The highest BCUT2D eigenvalue weighted by Gasteiger charge is 2.37. The van der Waals surface area contributed by atoms with Crippen LogP contribution in [0.2, 0.25) is 5.02 Å². The van der Waals surface area contributed by atoms with Crippen LogP contribution in [-0.2, 0) is 0 Å². The summed E-state index contributed by atoms with van der Waals surface area (Å²) in [5.41, 5.74) is 6.69. The molecule has 0 radical (unpaired) electrons. The number of benzene rings is 2. The highest BCUT2D eigenvalue weighted by Crippen LogP contribution is 2.49. The van der Waals surface area contributed by atoms with Gasteiger partial charge in [-0.1, -0.05) is 41.4 Å². The highest BCUT2D eigenvalue weighted by molar-refractivity contribution is 6.30. The van der Waals surface area contributed by atoms with Crippen molar-refractivity contribution in [3.63, 3.8) is 0 Å². The van der Waals surface area contributed by atoms with Gasteiger partial charge in [0.05, 0.1) is 28.4 Å². The molecule has 2 aromatic carbocycles. The number of hydrogen-bond acceptors (Lipinski definition) is 5. The molecule has 1 aliphatic heterocycles. The molecule has 1 aliphatic rings. The zero-order valence-corrected chi connectivity index (χ0v) is 18.5. The maximum Gasteiger partial charge on any atom is 0.230 e. The fourth-order valence-corrected chi connectivity index (χ4v) is 4.46. The van der Waals surface area contributed by atoms with E-state index >= 15 is 0 Å². The summed E-state index contributed by atoms with van der Waals surface area (Å²) in [7, 11) is 0. The molecule has 0 fully saturated rings. The molecule has 6 rings (SSSR count). The van der Waals surface area contributed by atoms with E-state index in [0.717, 1.165) is 33.7 Å².